The van der Waals surface area contributed by atoms with Crippen molar-refractivity contribution in [2.24, 2.45) is 5.92 Å². The zero-order valence-corrected chi connectivity index (χ0v) is 20.1. The summed E-state index contributed by atoms with van der Waals surface area (Å²) >= 11 is 0. The van der Waals surface area contributed by atoms with E-state index in [0.717, 1.165) is 23.8 Å². The van der Waals surface area contributed by atoms with Gasteiger partial charge in [-0.2, -0.15) is 4.31 Å². The van der Waals surface area contributed by atoms with E-state index in [-0.39, 0.29) is 16.7 Å². The number of aromatic nitrogens is 1. The number of carbonyl (C=O) groups excluding carboxylic acids is 1. The third-order valence-electron chi connectivity index (χ3n) is 6.31. The Bertz CT molecular complexity index is 1220. The van der Waals surface area contributed by atoms with Gasteiger partial charge in [0.2, 0.25) is 15.9 Å². The number of rotatable bonds is 7. The van der Waals surface area contributed by atoms with Crippen LogP contribution in [0.5, 0.6) is 0 Å². The molecule has 33 heavy (non-hydrogen) atoms. The summed E-state index contributed by atoms with van der Waals surface area (Å²) in [5.41, 5.74) is 2.77. The van der Waals surface area contributed by atoms with E-state index in [4.69, 9.17) is 0 Å². The second-order valence-corrected chi connectivity index (χ2v) is 10.9. The lowest BCUT2D eigenvalue weighted by Gasteiger charge is -2.34. The van der Waals surface area contributed by atoms with E-state index in [2.05, 4.69) is 24.0 Å². The number of benzene rings is 2. The second kappa shape index (κ2) is 10.0. The lowest BCUT2D eigenvalue weighted by Crippen LogP contribution is -2.50. The molecule has 0 aliphatic carbocycles. The van der Waals surface area contributed by atoms with Crippen LogP contribution in [-0.2, 0) is 21.2 Å². The van der Waals surface area contributed by atoms with Crippen LogP contribution in [0.4, 0.5) is 0 Å². The van der Waals surface area contributed by atoms with Crippen LogP contribution in [0.25, 0.3) is 10.9 Å². The molecule has 1 amide bonds. The number of piperazine rings is 1. The average molecular weight is 466 g/mol. The molecule has 1 aromatic heterocycles. The molecule has 0 spiro atoms. The average Bonchev–Trinajstić information content (AvgIpc) is 2.83. The van der Waals surface area contributed by atoms with Gasteiger partial charge in [-0.1, -0.05) is 49.4 Å². The molecule has 1 aliphatic rings. The first-order chi connectivity index (χ1) is 15.8. The normalized spacial score (nSPS) is 16.1. The molecule has 174 valence electrons. The predicted molar refractivity (Wildman–Crippen MR) is 130 cm³/mol. The van der Waals surface area contributed by atoms with Gasteiger partial charge in [0.05, 0.1) is 5.52 Å². The van der Waals surface area contributed by atoms with Gasteiger partial charge in [0, 0.05) is 44.2 Å². The molecular formula is C26H31N3O3S. The van der Waals surface area contributed by atoms with Crippen LogP contribution in [0.2, 0.25) is 0 Å². The van der Waals surface area contributed by atoms with E-state index in [1.54, 1.807) is 23.2 Å². The maximum absolute atomic E-state index is 13.3. The summed E-state index contributed by atoms with van der Waals surface area (Å²) in [5.74, 6) is 0.389. The van der Waals surface area contributed by atoms with Gasteiger partial charge in [0.15, 0.2) is 0 Å². The molecule has 2 aromatic carbocycles. The van der Waals surface area contributed by atoms with Crippen molar-refractivity contribution in [1.29, 1.82) is 0 Å². The van der Waals surface area contributed by atoms with E-state index >= 15 is 0 Å². The Kier molecular flexibility index (Phi) is 7.10. The first-order valence-corrected chi connectivity index (χ1v) is 13.0. The van der Waals surface area contributed by atoms with Gasteiger partial charge < -0.3 is 4.90 Å². The minimum Gasteiger partial charge on any atom is -0.340 e. The molecule has 6 nitrogen and oxygen atoms in total. The van der Waals surface area contributed by atoms with Crippen molar-refractivity contribution in [2.75, 3.05) is 26.2 Å². The lowest BCUT2D eigenvalue weighted by atomic mass is 9.97. The van der Waals surface area contributed by atoms with Gasteiger partial charge in [-0.3, -0.25) is 9.78 Å². The maximum atomic E-state index is 13.3. The summed E-state index contributed by atoms with van der Waals surface area (Å²) in [7, 11) is -3.68. The molecule has 1 atom stereocenters. The van der Waals surface area contributed by atoms with Crippen LogP contribution in [0.15, 0.2) is 65.7 Å². The van der Waals surface area contributed by atoms with Gasteiger partial charge in [0.1, 0.15) is 4.90 Å². The molecular weight excluding hydrogens is 434 g/mol. The Hall–Kier alpha value is -2.77. The SMILES string of the molecule is Cc1cnc2c(S(=O)(=O)N3CCN(C(=O)CC(C)CCc4ccccc4)CC3)cccc2c1. The molecule has 4 rings (SSSR count). The van der Waals surface area contributed by atoms with Crippen molar-refractivity contribution in [3.63, 3.8) is 0 Å². The number of hydrogen-bond donors (Lipinski definition) is 0. The van der Waals surface area contributed by atoms with E-state index < -0.39 is 10.0 Å². The number of pyridine rings is 1. The zero-order valence-electron chi connectivity index (χ0n) is 19.3. The Balaban J connectivity index is 1.35. The van der Waals surface area contributed by atoms with Gasteiger partial charge in [-0.05, 0) is 48.9 Å². The maximum Gasteiger partial charge on any atom is 0.245 e. The fraction of sp³-hybridized carbons (Fsp3) is 0.385. The largest absolute Gasteiger partial charge is 0.340 e. The number of hydrogen-bond acceptors (Lipinski definition) is 4. The summed E-state index contributed by atoms with van der Waals surface area (Å²) < 4.78 is 28.2. The second-order valence-electron chi connectivity index (χ2n) is 8.96. The van der Waals surface area contributed by atoms with Crippen LogP contribution in [-0.4, -0.2) is 54.7 Å². The highest BCUT2D eigenvalue weighted by Crippen LogP contribution is 2.26. The molecule has 1 saturated heterocycles. The van der Waals surface area contributed by atoms with Gasteiger partial charge in [0.25, 0.3) is 0 Å². The standard InChI is InChI=1S/C26H31N3O3S/c1-20(11-12-22-7-4-3-5-8-22)18-25(30)28-13-15-29(16-14-28)33(31,32)24-10-6-9-23-17-21(2)19-27-26(23)24/h3-10,17,19-20H,11-16,18H2,1-2H3. The van der Waals surface area contributed by atoms with Crippen LogP contribution < -0.4 is 0 Å². The molecule has 0 bridgehead atoms. The van der Waals surface area contributed by atoms with Gasteiger partial charge in [-0.15, -0.1) is 0 Å². The molecule has 0 radical (unpaired) electrons. The highest BCUT2D eigenvalue weighted by atomic mass is 32.2. The fourth-order valence-corrected chi connectivity index (χ4v) is 5.94. The molecule has 1 unspecified atom stereocenters. The summed E-state index contributed by atoms with van der Waals surface area (Å²) in [6.45, 7) is 5.48. The minimum absolute atomic E-state index is 0.106. The Morgan fingerprint density at radius 1 is 1.03 bits per heavy atom. The quantitative estimate of drug-likeness (QED) is 0.528. The predicted octanol–water partition coefficient (Wildman–Crippen LogP) is 4.04. The van der Waals surface area contributed by atoms with E-state index in [0.29, 0.717) is 38.1 Å². The van der Waals surface area contributed by atoms with Crippen molar-refractivity contribution in [3.8, 4) is 0 Å². The fourth-order valence-electron chi connectivity index (χ4n) is 4.35. The van der Waals surface area contributed by atoms with Crippen LogP contribution in [0, 0.1) is 12.8 Å². The Morgan fingerprint density at radius 2 is 1.76 bits per heavy atom. The third-order valence-corrected chi connectivity index (χ3v) is 8.24. The van der Waals surface area contributed by atoms with Gasteiger partial charge >= 0.3 is 0 Å². The first-order valence-electron chi connectivity index (χ1n) is 11.5. The number of nitrogens with zero attached hydrogens (tertiary/aromatic N) is 3. The van der Waals surface area contributed by atoms with Crippen molar-refractivity contribution < 1.29 is 13.2 Å². The van der Waals surface area contributed by atoms with Crippen molar-refractivity contribution in [3.05, 3.63) is 71.9 Å². The number of amides is 1. The lowest BCUT2D eigenvalue weighted by molar-refractivity contribution is -0.133. The topological polar surface area (TPSA) is 70.6 Å². The molecule has 0 N–H and O–H groups in total. The van der Waals surface area contributed by atoms with Crippen molar-refractivity contribution >= 4 is 26.8 Å². The highest BCUT2D eigenvalue weighted by Gasteiger charge is 2.31. The number of aryl methyl sites for hydroxylation is 2. The Morgan fingerprint density at radius 3 is 2.48 bits per heavy atom. The summed E-state index contributed by atoms with van der Waals surface area (Å²) in [6.07, 6.45) is 4.10. The molecule has 3 aromatic rings. The smallest absolute Gasteiger partial charge is 0.245 e. The minimum atomic E-state index is -3.68. The molecule has 1 fully saturated rings. The summed E-state index contributed by atoms with van der Waals surface area (Å²) in [6, 6.07) is 17.5. The molecule has 0 saturated carbocycles. The van der Waals surface area contributed by atoms with Crippen molar-refractivity contribution in [2.45, 2.75) is 38.0 Å². The van der Waals surface area contributed by atoms with E-state index in [1.807, 2.05) is 37.3 Å². The zero-order chi connectivity index (χ0) is 23.4. The van der Waals surface area contributed by atoms with Crippen LogP contribution in [0.1, 0.15) is 30.9 Å². The first kappa shape index (κ1) is 23.4. The summed E-state index contributed by atoms with van der Waals surface area (Å²) in [5, 5.41) is 0.814. The number of para-hydroxylation sites is 1. The summed E-state index contributed by atoms with van der Waals surface area (Å²) in [4.78, 5) is 19.2. The Labute approximate surface area is 196 Å². The number of sulfonamides is 1. The van der Waals surface area contributed by atoms with Crippen LogP contribution >= 0.6 is 0 Å². The van der Waals surface area contributed by atoms with Crippen molar-refractivity contribution in [1.82, 2.24) is 14.2 Å². The van der Waals surface area contributed by atoms with E-state index in [1.165, 1.54) is 9.87 Å². The number of carbonyl (C=O) groups is 1. The van der Waals surface area contributed by atoms with Gasteiger partial charge in [-0.25, -0.2) is 8.42 Å². The molecule has 7 heteroatoms. The molecule has 1 aliphatic heterocycles. The van der Waals surface area contributed by atoms with Crippen LogP contribution in [0.3, 0.4) is 0 Å². The number of fused-ring (bicyclic) bond motifs is 1. The monoisotopic (exact) mass is 465 g/mol. The highest BCUT2D eigenvalue weighted by molar-refractivity contribution is 7.89. The molecule has 2 heterocycles. The van der Waals surface area contributed by atoms with E-state index in [9.17, 15) is 13.2 Å². The third kappa shape index (κ3) is 5.42.